The molecular weight excluding hydrogens is 258 g/mol. The van der Waals surface area contributed by atoms with E-state index in [9.17, 15) is 4.79 Å². The van der Waals surface area contributed by atoms with Gasteiger partial charge < -0.3 is 14.2 Å². The van der Waals surface area contributed by atoms with Crippen LogP contribution < -0.4 is 4.74 Å². The Bertz CT molecular complexity index is 411. The standard InChI is InChI=1S/C16H22O4/c1-4-6-7-15(16(17)19-5-2)20-12-13-8-10-14(18-3)11-9-13/h4,8-11,15H,1,5-7,12H2,2-3H3/i15+1,16+1. The smallest absolute Gasteiger partial charge is 0.335 e. The van der Waals surface area contributed by atoms with Gasteiger partial charge in [-0.25, -0.2) is 4.79 Å². The number of esters is 1. The van der Waals surface area contributed by atoms with Crippen LogP contribution in [0.4, 0.5) is 0 Å². The fraction of sp³-hybridized carbons (Fsp3) is 0.438. The van der Waals surface area contributed by atoms with E-state index < -0.39 is 6.10 Å². The van der Waals surface area contributed by atoms with E-state index in [1.165, 1.54) is 0 Å². The maximum atomic E-state index is 11.8. The zero-order chi connectivity index (χ0) is 14.8. The third-order valence-electron chi connectivity index (χ3n) is 2.79. The van der Waals surface area contributed by atoms with E-state index in [0.29, 0.717) is 26.1 Å². The molecule has 20 heavy (non-hydrogen) atoms. The molecule has 0 saturated carbocycles. The highest BCUT2D eigenvalue weighted by Gasteiger charge is 2.19. The minimum absolute atomic E-state index is 0.317. The number of benzene rings is 1. The van der Waals surface area contributed by atoms with Crippen molar-refractivity contribution in [3.63, 3.8) is 0 Å². The van der Waals surface area contributed by atoms with E-state index in [1.807, 2.05) is 24.3 Å². The molecule has 0 radical (unpaired) electrons. The summed E-state index contributed by atoms with van der Waals surface area (Å²) in [6.45, 7) is 6.16. The van der Waals surface area contributed by atoms with Crippen LogP contribution in [0.2, 0.25) is 0 Å². The van der Waals surface area contributed by atoms with Crippen LogP contribution in [0.25, 0.3) is 0 Å². The van der Waals surface area contributed by atoms with Crippen molar-refractivity contribution in [3.8, 4) is 5.75 Å². The molecule has 0 aromatic heterocycles. The average Bonchev–Trinajstić information content (AvgIpc) is 2.48. The Morgan fingerprint density at radius 2 is 2.05 bits per heavy atom. The van der Waals surface area contributed by atoms with Crippen LogP contribution in [0.1, 0.15) is 25.3 Å². The number of ether oxygens (including phenoxy) is 3. The Morgan fingerprint density at radius 1 is 1.35 bits per heavy atom. The lowest BCUT2D eigenvalue weighted by atomic mass is 10.2. The minimum Gasteiger partial charge on any atom is -0.497 e. The molecule has 0 heterocycles. The van der Waals surface area contributed by atoms with Gasteiger partial charge in [0.05, 0.1) is 20.3 Å². The van der Waals surface area contributed by atoms with Crippen molar-refractivity contribution in [2.45, 2.75) is 32.5 Å². The molecule has 0 spiro atoms. The summed E-state index contributed by atoms with van der Waals surface area (Å²) in [6.07, 6.45) is 2.52. The SMILES string of the molecule is C=CCC[13CH](OCc1ccc(OC)cc1)[13C](=O)OCC. The maximum Gasteiger partial charge on any atom is 0.335 e. The maximum absolute atomic E-state index is 11.8. The van der Waals surface area contributed by atoms with E-state index in [-0.39, 0.29) is 5.97 Å². The van der Waals surface area contributed by atoms with Crippen molar-refractivity contribution in [3.05, 3.63) is 42.5 Å². The second kappa shape index (κ2) is 9.15. The molecule has 110 valence electrons. The van der Waals surface area contributed by atoms with Gasteiger partial charge in [0.1, 0.15) is 5.75 Å². The summed E-state index contributed by atoms with van der Waals surface area (Å²) in [7, 11) is 1.62. The summed E-state index contributed by atoms with van der Waals surface area (Å²) < 4.78 is 15.8. The van der Waals surface area contributed by atoms with Crippen LogP contribution in [0, 0.1) is 0 Å². The Labute approximate surface area is 120 Å². The zero-order valence-corrected chi connectivity index (χ0v) is 12.1. The van der Waals surface area contributed by atoms with E-state index in [2.05, 4.69) is 6.58 Å². The predicted octanol–water partition coefficient (Wildman–Crippen LogP) is 3.11. The highest BCUT2D eigenvalue weighted by atomic mass is 16.7. The summed E-state index contributed by atoms with van der Waals surface area (Å²) in [5, 5.41) is 0. The molecular formula is C16H22O4. The van der Waals surface area contributed by atoms with Gasteiger partial charge in [0, 0.05) is 0 Å². The molecule has 1 aromatic rings. The first kappa shape index (κ1) is 16.2. The molecule has 0 N–H and O–H groups in total. The lowest BCUT2D eigenvalue weighted by Gasteiger charge is -2.16. The summed E-state index contributed by atoms with van der Waals surface area (Å²) in [5.41, 5.74) is 0.985. The normalized spacial score (nSPS) is 11.7. The highest BCUT2D eigenvalue weighted by molar-refractivity contribution is 5.74. The van der Waals surface area contributed by atoms with Gasteiger partial charge in [-0.3, -0.25) is 0 Å². The lowest BCUT2D eigenvalue weighted by molar-refractivity contribution is -0.158. The van der Waals surface area contributed by atoms with Crippen molar-refractivity contribution in [2.75, 3.05) is 13.7 Å². The van der Waals surface area contributed by atoms with E-state index in [1.54, 1.807) is 20.1 Å². The topological polar surface area (TPSA) is 44.8 Å². The molecule has 0 bridgehead atoms. The van der Waals surface area contributed by atoms with Crippen LogP contribution in [0.5, 0.6) is 5.75 Å². The molecule has 1 unspecified atom stereocenters. The Kier molecular flexibility index (Phi) is 7.43. The predicted molar refractivity (Wildman–Crippen MR) is 77.6 cm³/mol. The van der Waals surface area contributed by atoms with Crippen molar-refractivity contribution in [2.24, 2.45) is 0 Å². The van der Waals surface area contributed by atoms with Crippen molar-refractivity contribution in [1.82, 2.24) is 0 Å². The lowest BCUT2D eigenvalue weighted by Crippen LogP contribution is -2.26. The second-order valence-corrected chi connectivity index (χ2v) is 4.27. The molecule has 0 aliphatic heterocycles. The first-order chi connectivity index (χ1) is 9.71. The molecule has 0 aliphatic rings. The quantitative estimate of drug-likeness (QED) is 0.396. The molecule has 0 saturated heterocycles. The van der Waals surface area contributed by atoms with E-state index in [0.717, 1.165) is 11.3 Å². The highest BCUT2D eigenvalue weighted by Crippen LogP contribution is 2.14. The number of methoxy groups -OCH3 is 1. The van der Waals surface area contributed by atoms with E-state index >= 15 is 0 Å². The summed E-state index contributed by atoms with van der Waals surface area (Å²) in [6, 6.07) is 7.55. The molecule has 1 aromatic carbocycles. The Balaban J connectivity index is 2.54. The molecule has 0 fully saturated rings. The van der Waals surface area contributed by atoms with Gasteiger partial charge in [0.2, 0.25) is 0 Å². The van der Waals surface area contributed by atoms with Gasteiger partial charge in [0.25, 0.3) is 0 Å². The fourth-order valence-corrected chi connectivity index (χ4v) is 1.69. The molecule has 4 heteroatoms. The zero-order valence-electron chi connectivity index (χ0n) is 12.1. The fourth-order valence-electron chi connectivity index (χ4n) is 1.69. The number of allylic oxidation sites excluding steroid dienone is 1. The molecule has 0 aliphatic carbocycles. The number of hydrogen-bond acceptors (Lipinski definition) is 4. The minimum atomic E-state index is -0.546. The monoisotopic (exact) mass is 280 g/mol. The van der Waals surface area contributed by atoms with Crippen LogP contribution in [-0.4, -0.2) is 25.8 Å². The number of carbonyl (C=O) groups is 1. The van der Waals surface area contributed by atoms with Gasteiger partial charge in [-0.15, -0.1) is 6.58 Å². The van der Waals surface area contributed by atoms with Crippen molar-refractivity contribution < 1.29 is 19.0 Å². The van der Waals surface area contributed by atoms with Crippen LogP contribution in [0.15, 0.2) is 36.9 Å². The van der Waals surface area contributed by atoms with Gasteiger partial charge >= 0.3 is 5.97 Å². The third kappa shape index (κ3) is 5.45. The molecule has 1 atom stereocenters. The molecule has 0 amide bonds. The van der Waals surface area contributed by atoms with Crippen LogP contribution in [0.3, 0.4) is 0 Å². The van der Waals surface area contributed by atoms with E-state index in [4.69, 9.17) is 14.2 Å². The van der Waals surface area contributed by atoms with Gasteiger partial charge in [-0.2, -0.15) is 0 Å². The number of hydrogen-bond donors (Lipinski definition) is 0. The largest absolute Gasteiger partial charge is 0.497 e. The second-order valence-electron chi connectivity index (χ2n) is 4.27. The Hall–Kier alpha value is -1.81. The van der Waals surface area contributed by atoms with Crippen LogP contribution >= 0.6 is 0 Å². The molecule has 4 nitrogen and oxygen atoms in total. The summed E-state index contributed by atoms with van der Waals surface area (Å²) >= 11 is 0. The number of rotatable bonds is 9. The first-order valence-corrected chi connectivity index (χ1v) is 6.73. The number of carbonyl (C=O) groups excluding carboxylic acids is 1. The van der Waals surface area contributed by atoms with Crippen molar-refractivity contribution in [1.29, 1.82) is 0 Å². The summed E-state index contributed by atoms with van der Waals surface area (Å²) in [4.78, 5) is 11.8. The van der Waals surface area contributed by atoms with Crippen molar-refractivity contribution >= 4 is 5.97 Å². The van der Waals surface area contributed by atoms with Gasteiger partial charge in [0.15, 0.2) is 6.10 Å². The van der Waals surface area contributed by atoms with Crippen LogP contribution in [-0.2, 0) is 20.9 Å². The third-order valence-corrected chi connectivity index (χ3v) is 2.79. The molecule has 1 rings (SSSR count). The Morgan fingerprint density at radius 3 is 2.60 bits per heavy atom. The van der Waals surface area contributed by atoms with Gasteiger partial charge in [-0.05, 0) is 37.5 Å². The average molecular weight is 280 g/mol. The van der Waals surface area contributed by atoms with Gasteiger partial charge in [-0.1, -0.05) is 18.2 Å². The first-order valence-electron chi connectivity index (χ1n) is 6.73. The summed E-state index contributed by atoms with van der Waals surface area (Å²) in [5.74, 6) is 0.477.